The molecule has 0 unspecified atom stereocenters. The molecule has 1 amide bonds. The van der Waals surface area contributed by atoms with Crippen LogP contribution < -0.4 is 0 Å². The van der Waals surface area contributed by atoms with Gasteiger partial charge in [-0.15, -0.1) is 0 Å². The average Bonchev–Trinajstić information content (AvgIpc) is 3.37. The maximum Gasteiger partial charge on any atom is 0.225 e. The second-order valence-electron chi connectivity index (χ2n) is 8.37. The minimum Gasteiger partial charge on any atom is -0.373 e. The van der Waals surface area contributed by atoms with E-state index in [9.17, 15) is 4.79 Å². The van der Waals surface area contributed by atoms with E-state index in [1.54, 1.807) is 10.9 Å². The molecule has 0 saturated carbocycles. The van der Waals surface area contributed by atoms with Gasteiger partial charge in [0.1, 0.15) is 0 Å². The van der Waals surface area contributed by atoms with Crippen LogP contribution in [0.2, 0.25) is 0 Å². The maximum atomic E-state index is 13.2. The molecule has 9 nitrogen and oxygen atoms in total. The molecule has 0 N–H and O–H groups in total. The van der Waals surface area contributed by atoms with Gasteiger partial charge in [-0.3, -0.25) is 19.1 Å². The van der Waals surface area contributed by atoms with E-state index in [1.165, 1.54) is 0 Å². The van der Waals surface area contributed by atoms with E-state index in [0.717, 1.165) is 44.7 Å². The molecule has 30 heavy (non-hydrogen) atoms. The van der Waals surface area contributed by atoms with Gasteiger partial charge in [-0.1, -0.05) is 0 Å². The van der Waals surface area contributed by atoms with Crippen molar-refractivity contribution in [3.63, 3.8) is 0 Å². The molecule has 164 valence electrons. The highest BCUT2D eigenvalue weighted by molar-refractivity contribution is 5.76. The number of ether oxygens (including phenoxy) is 1. The van der Waals surface area contributed by atoms with E-state index < -0.39 is 0 Å². The summed E-state index contributed by atoms with van der Waals surface area (Å²) in [6, 6.07) is 1.77. The Morgan fingerprint density at radius 1 is 1.17 bits per heavy atom. The Hall–Kier alpha value is -2.23. The van der Waals surface area contributed by atoms with Crippen molar-refractivity contribution in [2.24, 2.45) is 7.05 Å². The van der Waals surface area contributed by atoms with Crippen molar-refractivity contribution in [2.45, 2.75) is 31.5 Å². The number of hydrogen-bond acceptors (Lipinski definition) is 6. The Morgan fingerprint density at radius 3 is 2.83 bits per heavy atom. The van der Waals surface area contributed by atoms with Crippen molar-refractivity contribution in [1.29, 1.82) is 0 Å². The summed E-state index contributed by atoms with van der Waals surface area (Å²) in [5.41, 5.74) is 1.04. The molecule has 2 saturated heterocycles. The van der Waals surface area contributed by atoms with Crippen LogP contribution in [0.5, 0.6) is 0 Å². The second kappa shape index (κ2) is 9.72. The summed E-state index contributed by atoms with van der Waals surface area (Å²) >= 11 is 0. The first-order valence-electron chi connectivity index (χ1n) is 10.9. The van der Waals surface area contributed by atoms with Gasteiger partial charge in [-0.2, -0.15) is 10.2 Å². The number of likely N-dealkylation sites (N-methyl/N-ethyl adjacent to an activating group) is 1. The summed E-state index contributed by atoms with van der Waals surface area (Å²) < 4.78 is 9.86. The summed E-state index contributed by atoms with van der Waals surface area (Å²) in [4.78, 5) is 20.1. The molecule has 2 aliphatic heterocycles. The van der Waals surface area contributed by atoms with Crippen LogP contribution in [0.4, 0.5) is 0 Å². The third kappa shape index (κ3) is 5.08. The summed E-state index contributed by atoms with van der Waals surface area (Å²) in [7, 11) is 4.09. The first-order valence-corrected chi connectivity index (χ1v) is 10.9. The Kier molecular flexibility index (Phi) is 6.81. The van der Waals surface area contributed by atoms with Crippen LogP contribution in [-0.2, 0) is 23.1 Å². The lowest BCUT2D eigenvalue weighted by Gasteiger charge is -2.42. The van der Waals surface area contributed by atoms with Crippen molar-refractivity contribution < 1.29 is 9.53 Å². The molecule has 0 aromatic carbocycles. The van der Waals surface area contributed by atoms with E-state index in [0.29, 0.717) is 26.1 Å². The van der Waals surface area contributed by atoms with Gasteiger partial charge < -0.3 is 14.5 Å². The van der Waals surface area contributed by atoms with E-state index in [4.69, 9.17) is 4.74 Å². The third-order valence-corrected chi connectivity index (χ3v) is 6.10. The summed E-state index contributed by atoms with van der Waals surface area (Å²) in [5, 5.41) is 8.59. The molecule has 4 heterocycles. The zero-order valence-corrected chi connectivity index (χ0v) is 18.1. The van der Waals surface area contributed by atoms with Crippen molar-refractivity contribution in [1.82, 2.24) is 34.3 Å². The molecule has 0 spiro atoms. The lowest BCUT2D eigenvalue weighted by atomic mass is 9.99. The fourth-order valence-corrected chi connectivity index (χ4v) is 4.48. The predicted octanol–water partition coefficient (Wildman–Crippen LogP) is 0.613. The highest BCUT2D eigenvalue weighted by Crippen LogP contribution is 2.31. The van der Waals surface area contributed by atoms with E-state index >= 15 is 0 Å². The molecule has 2 atom stereocenters. The Morgan fingerprint density at radius 2 is 2.07 bits per heavy atom. The molecule has 2 fully saturated rings. The van der Waals surface area contributed by atoms with Crippen molar-refractivity contribution in [2.75, 3.05) is 52.9 Å². The van der Waals surface area contributed by atoms with Gasteiger partial charge in [0.05, 0.1) is 24.9 Å². The number of rotatable bonds is 6. The van der Waals surface area contributed by atoms with Gasteiger partial charge in [0.15, 0.2) is 0 Å². The van der Waals surface area contributed by atoms with E-state index in [1.807, 2.05) is 41.3 Å². The normalized spacial score (nSPS) is 24.1. The fraction of sp³-hybridized carbons (Fsp3) is 0.667. The molecule has 0 bridgehead atoms. The minimum atomic E-state index is -0.112. The van der Waals surface area contributed by atoms with Gasteiger partial charge in [0, 0.05) is 70.3 Å². The zero-order chi connectivity index (χ0) is 20.9. The molecule has 0 aliphatic carbocycles. The van der Waals surface area contributed by atoms with Gasteiger partial charge in [-0.25, -0.2) is 0 Å². The van der Waals surface area contributed by atoms with Crippen LogP contribution in [-0.4, -0.2) is 99.2 Å². The topological polar surface area (TPSA) is 71.7 Å². The van der Waals surface area contributed by atoms with E-state index in [-0.39, 0.29) is 18.1 Å². The van der Waals surface area contributed by atoms with Crippen LogP contribution in [0.3, 0.4) is 0 Å². The minimum absolute atomic E-state index is 0.0555. The first-order chi connectivity index (χ1) is 14.6. The summed E-state index contributed by atoms with van der Waals surface area (Å²) in [6.07, 6.45) is 9.05. The van der Waals surface area contributed by atoms with Crippen LogP contribution in [0, 0.1) is 0 Å². The molecule has 4 rings (SSSR count). The smallest absolute Gasteiger partial charge is 0.225 e. The number of amides is 1. The van der Waals surface area contributed by atoms with Crippen LogP contribution in [0.25, 0.3) is 0 Å². The van der Waals surface area contributed by atoms with Gasteiger partial charge in [0.2, 0.25) is 5.91 Å². The van der Waals surface area contributed by atoms with Gasteiger partial charge in [-0.05, 0) is 32.6 Å². The Balaban J connectivity index is 1.49. The quantitative estimate of drug-likeness (QED) is 0.689. The zero-order valence-electron chi connectivity index (χ0n) is 18.1. The molecule has 9 heteroatoms. The molecule has 2 aromatic rings. The Bertz CT molecular complexity index is 806. The lowest BCUT2D eigenvalue weighted by molar-refractivity contribution is -0.148. The third-order valence-electron chi connectivity index (χ3n) is 6.10. The average molecular weight is 416 g/mol. The number of hydrogen-bond donors (Lipinski definition) is 0. The van der Waals surface area contributed by atoms with Crippen LogP contribution >= 0.6 is 0 Å². The van der Waals surface area contributed by atoms with Gasteiger partial charge >= 0.3 is 0 Å². The maximum absolute atomic E-state index is 13.2. The fourth-order valence-electron chi connectivity index (χ4n) is 4.48. The highest BCUT2D eigenvalue weighted by atomic mass is 16.5. The molecular weight excluding hydrogens is 382 g/mol. The first kappa shape index (κ1) is 21.0. The molecule has 2 aliphatic rings. The van der Waals surface area contributed by atoms with E-state index in [2.05, 4.69) is 27.0 Å². The number of aromatic nitrogens is 4. The SMILES string of the molecule is CN1CCCN(C[C@@H]2OCCN(C(=O)CCn3cccn3)[C@H]2c2cnn(C)c2)CC1. The molecule has 0 radical (unpaired) electrons. The second-order valence-corrected chi connectivity index (χ2v) is 8.37. The standard InChI is InChI=1S/C21H33N7O2/c1-24-7-4-8-26(12-11-24)17-19-21(18-15-23-25(2)16-18)28(13-14-30-19)20(29)5-10-27-9-3-6-22-27/h3,6,9,15-16,19,21H,4-5,7-8,10-14,17H2,1-2H3/t19-,21-/m0/s1. The van der Waals surface area contributed by atoms with Crippen molar-refractivity contribution in [3.05, 3.63) is 36.4 Å². The largest absolute Gasteiger partial charge is 0.373 e. The number of carbonyl (C=O) groups is 1. The van der Waals surface area contributed by atoms with Gasteiger partial charge in [0.25, 0.3) is 0 Å². The van der Waals surface area contributed by atoms with Crippen LogP contribution in [0.1, 0.15) is 24.4 Å². The van der Waals surface area contributed by atoms with Crippen LogP contribution in [0.15, 0.2) is 30.9 Å². The predicted molar refractivity (Wildman–Crippen MR) is 113 cm³/mol. The number of morpholine rings is 1. The summed E-state index contributed by atoms with van der Waals surface area (Å²) in [6.45, 7) is 6.89. The number of carbonyl (C=O) groups excluding carboxylic acids is 1. The number of aryl methyl sites for hydroxylation is 2. The number of nitrogens with zero attached hydrogens (tertiary/aromatic N) is 7. The summed E-state index contributed by atoms with van der Waals surface area (Å²) in [5.74, 6) is 0.142. The molecule has 2 aromatic heterocycles. The lowest BCUT2D eigenvalue weighted by Crippen LogP contribution is -2.52. The van der Waals surface area contributed by atoms with Crippen molar-refractivity contribution in [3.8, 4) is 0 Å². The Labute approximate surface area is 178 Å². The monoisotopic (exact) mass is 415 g/mol. The highest BCUT2D eigenvalue weighted by Gasteiger charge is 2.38. The molecular formula is C21H33N7O2. The van der Waals surface area contributed by atoms with Crippen molar-refractivity contribution >= 4 is 5.91 Å².